The normalized spacial score (nSPS) is 12.1. The summed E-state index contributed by atoms with van der Waals surface area (Å²) in [5, 5.41) is 14.4. The lowest BCUT2D eigenvalue weighted by Crippen LogP contribution is -2.26. The molecule has 0 aliphatic carbocycles. The average Bonchev–Trinajstić information content (AvgIpc) is 2.60. The van der Waals surface area contributed by atoms with Crippen molar-refractivity contribution in [1.29, 1.82) is 0 Å². The van der Waals surface area contributed by atoms with Gasteiger partial charge in [0, 0.05) is 6.07 Å². The molecular weight excluding hydrogens is 216 g/mol. The van der Waals surface area contributed by atoms with Crippen molar-refractivity contribution in [1.82, 2.24) is 5.16 Å². The van der Waals surface area contributed by atoms with Crippen LogP contribution in [0.2, 0.25) is 0 Å². The number of carboxylic acid groups (broad SMARTS) is 1. The maximum Gasteiger partial charge on any atom is 0.332 e. The summed E-state index contributed by atoms with van der Waals surface area (Å²) >= 11 is 0. The van der Waals surface area contributed by atoms with E-state index in [1.807, 2.05) is 0 Å². The number of hydrogen-bond donors (Lipinski definition) is 2. The molecule has 0 aliphatic heterocycles. The minimum absolute atomic E-state index is 0.203. The molecule has 0 aliphatic rings. The molecule has 0 aromatic carbocycles. The molecule has 0 saturated heterocycles. The lowest BCUT2D eigenvalue weighted by Gasteiger charge is -2.07. The molecule has 0 spiro atoms. The van der Waals surface area contributed by atoms with Crippen molar-refractivity contribution in [3.63, 3.8) is 0 Å². The number of aliphatic carboxylic acids is 1. The molecule has 1 aromatic rings. The zero-order valence-electron chi connectivity index (χ0n) is 8.89. The van der Waals surface area contributed by atoms with Gasteiger partial charge in [-0.05, 0) is 13.8 Å². The van der Waals surface area contributed by atoms with Crippen LogP contribution in [0.25, 0.3) is 0 Å². The monoisotopic (exact) mass is 228 g/mol. The molecule has 1 atom stereocenters. The van der Waals surface area contributed by atoms with E-state index in [4.69, 9.17) is 14.4 Å². The van der Waals surface area contributed by atoms with Gasteiger partial charge >= 0.3 is 5.97 Å². The van der Waals surface area contributed by atoms with Gasteiger partial charge in [0.2, 0.25) is 5.88 Å². The van der Waals surface area contributed by atoms with E-state index < -0.39 is 18.0 Å². The third-order valence-electron chi connectivity index (χ3n) is 1.70. The van der Waals surface area contributed by atoms with Crippen LogP contribution in [0.15, 0.2) is 10.6 Å². The van der Waals surface area contributed by atoms with E-state index in [0.717, 1.165) is 0 Å². The molecule has 0 saturated carbocycles. The second kappa shape index (κ2) is 5.26. The van der Waals surface area contributed by atoms with Crippen LogP contribution in [0.3, 0.4) is 0 Å². The summed E-state index contributed by atoms with van der Waals surface area (Å²) in [6, 6.07) is 1.54. The summed E-state index contributed by atoms with van der Waals surface area (Å²) in [6.07, 6.45) is -1.03. The maximum absolute atomic E-state index is 11.2. The number of carbonyl (C=O) groups excluding carboxylic acids is 1. The van der Waals surface area contributed by atoms with Crippen molar-refractivity contribution in [3.05, 3.63) is 11.8 Å². The fourth-order valence-electron chi connectivity index (χ4n) is 0.868. The summed E-state index contributed by atoms with van der Waals surface area (Å²) in [6.45, 7) is 2.70. The van der Waals surface area contributed by atoms with Crippen LogP contribution in [0.5, 0.6) is 0 Å². The minimum Gasteiger partial charge on any atom is -0.479 e. The molecule has 0 fully saturated rings. The molecule has 7 nitrogen and oxygen atoms in total. The summed E-state index contributed by atoms with van der Waals surface area (Å²) in [4.78, 5) is 21.6. The van der Waals surface area contributed by atoms with Crippen LogP contribution >= 0.6 is 0 Å². The first-order valence-corrected chi connectivity index (χ1v) is 4.56. The van der Waals surface area contributed by atoms with Crippen molar-refractivity contribution < 1.29 is 24.0 Å². The number of amides is 1. The van der Waals surface area contributed by atoms with Gasteiger partial charge in [0.1, 0.15) is 6.61 Å². The number of aryl methyl sites for hydroxylation is 1. The highest BCUT2D eigenvalue weighted by molar-refractivity contribution is 5.90. The van der Waals surface area contributed by atoms with E-state index in [1.165, 1.54) is 6.92 Å². The number of nitrogens with zero attached hydrogens (tertiary/aromatic N) is 1. The van der Waals surface area contributed by atoms with Crippen LogP contribution in [-0.4, -0.2) is 34.9 Å². The Morgan fingerprint density at radius 1 is 1.69 bits per heavy atom. The number of carbonyl (C=O) groups is 2. The molecule has 0 unspecified atom stereocenters. The summed E-state index contributed by atoms with van der Waals surface area (Å²) in [5.41, 5.74) is 0.634. The van der Waals surface area contributed by atoms with E-state index in [9.17, 15) is 9.59 Å². The molecule has 0 bridgehead atoms. The van der Waals surface area contributed by atoms with Gasteiger partial charge in [0.15, 0.2) is 6.10 Å². The van der Waals surface area contributed by atoms with Gasteiger partial charge in [-0.1, -0.05) is 5.16 Å². The topological polar surface area (TPSA) is 102 Å². The molecule has 7 heteroatoms. The van der Waals surface area contributed by atoms with Crippen molar-refractivity contribution in [2.24, 2.45) is 0 Å². The van der Waals surface area contributed by atoms with E-state index in [2.05, 4.69) is 10.5 Å². The minimum atomic E-state index is -1.12. The van der Waals surface area contributed by atoms with E-state index in [0.29, 0.717) is 5.69 Å². The second-order valence-corrected chi connectivity index (χ2v) is 3.17. The Morgan fingerprint density at radius 2 is 2.38 bits per heavy atom. The fraction of sp³-hybridized carbons (Fsp3) is 0.444. The zero-order chi connectivity index (χ0) is 12.1. The smallest absolute Gasteiger partial charge is 0.332 e. The van der Waals surface area contributed by atoms with Gasteiger partial charge < -0.3 is 14.4 Å². The highest BCUT2D eigenvalue weighted by Crippen LogP contribution is 2.07. The standard InChI is InChI=1S/C9H12N2O5/c1-5-3-8(16-11-5)10-7(12)4-15-6(2)9(13)14/h3,6H,4H2,1-2H3,(H,10,12)(H,13,14)/t6-/m1/s1. The number of hydrogen-bond acceptors (Lipinski definition) is 5. The van der Waals surface area contributed by atoms with Gasteiger partial charge in [-0.25, -0.2) is 4.79 Å². The Balaban J connectivity index is 2.34. The number of nitrogens with one attached hydrogen (secondary N) is 1. The Morgan fingerprint density at radius 3 is 2.88 bits per heavy atom. The molecule has 0 radical (unpaired) electrons. The summed E-state index contributed by atoms with van der Waals surface area (Å²) in [5.74, 6) is -1.42. The second-order valence-electron chi connectivity index (χ2n) is 3.17. The number of rotatable bonds is 5. The van der Waals surface area contributed by atoms with Crippen LogP contribution in [0.4, 0.5) is 5.88 Å². The Kier molecular flexibility index (Phi) is 4.01. The van der Waals surface area contributed by atoms with Crippen molar-refractivity contribution in [2.75, 3.05) is 11.9 Å². The van der Waals surface area contributed by atoms with E-state index >= 15 is 0 Å². The quantitative estimate of drug-likeness (QED) is 0.756. The molecule has 1 amide bonds. The SMILES string of the molecule is Cc1cc(NC(=O)CO[C@H](C)C(=O)O)on1. The number of anilines is 1. The van der Waals surface area contributed by atoms with E-state index in [-0.39, 0.29) is 12.5 Å². The van der Waals surface area contributed by atoms with Gasteiger partial charge in [0.25, 0.3) is 5.91 Å². The lowest BCUT2D eigenvalue weighted by molar-refractivity contribution is -0.150. The van der Waals surface area contributed by atoms with Crippen molar-refractivity contribution in [2.45, 2.75) is 20.0 Å². The van der Waals surface area contributed by atoms with Gasteiger partial charge in [-0.15, -0.1) is 0 Å². The first kappa shape index (κ1) is 12.2. The largest absolute Gasteiger partial charge is 0.479 e. The molecule has 16 heavy (non-hydrogen) atoms. The number of aromatic nitrogens is 1. The first-order chi connectivity index (χ1) is 7.49. The lowest BCUT2D eigenvalue weighted by atomic mass is 10.4. The summed E-state index contributed by atoms with van der Waals surface area (Å²) in [7, 11) is 0. The third-order valence-corrected chi connectivity index (χ3v) is 1.70. The molecule has 1 rings (SSSR count). The summed E-state index contributed by atoms with van der Waals surface area (Å²) < 4.78 is 9.51. The van der Waals surface area contributed by atoms with Crippen LogP contribution in [0, 0.1) is 6.92 Å². The van der Waals surface area contributed by atoms with Crippen LogP contribution in [-0.2, 0) is 14.3 Å². The maximum atomic E-state index is 11.2. The number of ether oxygens (including phenoxy) is 1. The Hall–Kier alpha value is -1.89. The van der Waals surface area contributed by atoms with Crippen molar-refractivity contribution >= 4 is 17.8 Å². The molecule has 1 heterocycles. The van der Waals surface area contributed by atoms with Crippen molar-refractivity contribution in [3.8, 4) is 0 Å². The predicted octanol–water partition coefficient (Wildman–Crippen LogP) is 0.411. The van der Waals surface area contributed by atoms with Gasteiger partial charge in [-0.3, -0.25) is 10.1 Å². The van der Waals surface area contributed by atoms with Crippen LogP contribution < -0.4 is 5.32 Å². The molecule has 1 aromatic heterocycles. The Bertz CT molecular complexity index is 387. The fourth-order valence-corrected chi connectivity index (χ4v) is 0.868. The Labute approximate surface area is 91.4 Å². The predicted molar refractivity (Wildman–Crippen MR) is 52.9 cm³/mol. The molecule has 88 valence electrons. The number of carboxylic acids is 1. The van der Waals surface area contributed by atoms with E-state index in [1.54, 1.807) is 13.0 Å². The molecule has 2 N–H and O–H groups in total. The first-order valence-electron chi connectivity index (χ1n) is 4.56. The van der Waals surface area contributed by atoms with Gasteiger partial charge in [0.05, 0.1) is 5.69 Å². The highest BCUT2D eigenvalue weighted by Gasteiger charge is 2.14. The third kappa shape index (κ3) is 3.70. The molecular formula is C9H12N2O5. The highest BCUT2D eigenvalue weighted by atomic mass is 16.5. The zero-order valence-corrected chi connectivity index (χ0v) is 8.89. The van der Waals surface area contributed by atoms with Crippen LogP contribution in [0.1, 0.15) is 12.6 Å². The average molecular weight is 228 g/mol. The van der Waals surface area contributed by atoms with Gasteiger partial charge in [-0.2, -0.15) is 0 Å².